The standard InChI is InChI=1S/C17H27BrN2S/c1-4-17(5-2)11-19-16(3,13-6-7-13)12-20(17)10-14-8-9-15(18)21-14/h8-9,13,19H,4-7,10-12H2,1-3H3. The van der Waals surface area contributed by atoms with Crippen molar-refractivity contribution in [2.24, 2.45) is 5.92 Å². The number of hydrogen-bond acceptors (Lipinski definition) is 3. The molecule has 1 saturated carbocycles. The molecule has 2 fully saturated rings. The summed E-state index contributed by atoms with van der Waals surface area (Å²) in [6, 6.07) is 4.46. The first-order valence-corrected chi connectivity index (χ1v) is 9.86. The van der Waals surface area contributed by atoms with Gasteiger partial charge in [0.1, 0.15) is 0 Å². The minimum atomic E-state index is 0.322. The van der Waals surface area contributed by atoms with E-state index >= 15 is 0 Å². The van der Waals surface area contributed by atoms with E-state index in [-0.39, 0.29) is 0 Å². The molecule has 3 rings (SSSR count). The first kappa shape index (κ1) is 16.0. The van der Waals surface area contributed by atoms with Gasteiger partial charge < -0.3 is 5.32 Å². The number of halogens is 1. The Morgan fingerprint density at radius 2 is 2.05 bits per heavy atom. The van der Waals surface area contributed by atoms with E-state index in [2.05, 4.69) is 59.1 Å². The number of hydrogen-bond donors (Lipinski definition) is 1. The summed E-state index contributed by atoms with van der Waals surface area (Å²) >= 11 is 5.48. The summed E-state index contributed by atoms with van der Waals surface area (Å²) in [4.78, 5) is 4.26. The van der Waals surface area contributed by atoms with E-state index in [1.807, 2.05) is 11.3 Å². The van der Waals surface area contributed by atoms with Gasteiger partial charge in [0, 0.05) is 35.6 Å². The van der Waals surface area contributed by atoms with E-state index in [1.165, 1.54) is 40.9 Å². The molecule has 1 aliphatic carbocycles. The van der Waals surface area contributed by atoms with Crippen LogP contribution in [-0.4, -0.2) is 29.1 Å². The van der Waals surface area contributed by atoms with Gasteiger partial charge in [-0.1, -0.05) is 13.8 Å². The van der Waals surface area contributed by atoms with Gasteiger partial charge in [-0.15, -0.1) is 11.3 Å². The van der Waals surface area contributed by atoms with E-state index in [9.17, 15) is 0 Å². The van der Waals surface area contributed by atoms with E-state index in [0.717, 1.165) is 19.0 Å². The maximum Gasteiger partial charge on any atom is 0.0701 e. The van der Waals surface area contributed by atoms with Crippen molar-refractivity contribution >= 4 is 27.3 Å². The van der Waals surface area contributed by atoms with Crippen LogP contribution in [0.25, 0.3) is 0 Å². The molecular formula is C17H27BrN2S. The molecule has 2 aliphatic rings. The Kier molecular flexibility index (Phi) is 4.53. The zero-order valence-electron chi connectivity index (χ0n) is 13.4. The van der Waals surface area contributed by atoms with Gasteiger partial charge in [-0.2, -0.15) is 0 Å². The van der Waals surface area contributed by atoms with Crippen molar-refractivity contribution in [1.29, 1.82) is 0 Å². The van der Waals surface area contributed by atoms with Crippen LogP contribution >= 0.6 is 27.3 Å². The van der Waals surface area contributed by atoms with Crippen LogP contribution in [0.3, 0.4) is 0 Å². The molecule has 4 heteroatoms. The smallest absolute Gasteiger partial charge is 0.0701 e. The molecule has 0 amide bonds. The van der Waals surface area contributed by atoms with Gasteiger partial charge in [-0.25, -0.2) is 0 Å². The summed E-state index contributed by atoms with van der Waals surface area (Å²) < 4.78 is 1.25. The van der Waals surface area contributed by atoms with Gasteiger partial charge in [0.2, 0.25) is 0 Å². The summed E-state index contributed by atoms with van der Waals surface area (Å²) in [6.45, 7) is 10.6. The number of rotatable bonds is 5. The number of nitrogens with zero attached hydrogens (tertiary/aromatic N) is 1. The second kappa shape index (κ2) is 5.95. The maximum absolute atomic E-state index is 3.92. The molecule has 1 atom stereocenters. The second-order valence-corrected chi connectivity index (χ2v) is 9.59. The first-order valence-electron chi connectivity index (χ1n) is 8.25. The third-order valence-electron chi connectivity index (χ3n) is 5.78. The lowest BCUT2D eigenvalue weighted by atomic mass is 9.81. The Hall–Kier alpha value is 0.1000. The normalized spacial score (nSPS) is 29.7. The predicted octanol–water partition coefficient (Wildman–Crippen LogP) is 4.64. The van der Waals surface area contributed by atoms with Crippen LogP contribution in [-0.2, 0) is 6.54 Å². The monoisotopic (exact) mass is 370 g/mol. The van der Waals surface area contributed by atoms with Crippen molar-refractivity contribution in [3.05, 3.63) is 20.8 Å². The van der Waals surface area contributed by atoms with Crippen LogP contribution in [0.15, 0.2) is 15.9 Å². The third-order valence-corrected chi connectivity index (χ3v) is 7.39. The van der Waals surface area contributed by atoms with E-state index in [4.69, 9.17) is 0 Å². The SMILES string of the molecule is CCC1(CC)CNC(C)(C2CC2)CN1Cc1ccc(Br)s1. The molecule has 0 spiro atoms. The maximum atomic E-state index is 3.92. The fraction of sp³-hybridized carbons (Fsp3) is 0.765. The van der Waals surface area contributed by atoms with E-state index < -0.39 is 0 Å². The highest BCUT2D eigenvalue weighted by molar-refractivity contribution is 9.11. The van der Waals surface area contributed by atoms with Gasteiger partial charge in [0.05, 0.1) is 3.79 Å². The van der Waals surface area contributed by atoms with Crippen LogP contribution in [0.5, 0.6) is 0 Å². The predicted molar refractivity (Wildman–Crippen MR) is 94.9 cm³/mol. The molecule has 118 valence electrons. The Labute approximate surface area is 141 Å². The summed E-state index contributed by atoms with van der Waals surface area (Å²) in [5.74, 6) is 0.891. The van der Waals surface area contributed by atoms with Crippen molar-refractivity contribution in [2.75, 3.05) is 13.1 Å². The quantitative estimate of drug-likeness (QED) is 0.811. The molecule has 21 heavy (non-hydrogen) atoms. The average molecular weight is 371 g/mol. The van der Waals surface area contributed by atoms with Gasteiger partial charge in [-0.3, -0.25) is 4.90 Å². The van der Waals surface area contributed by atoms with Crippen LogP contribution in [0, 0.1) is 5.92 Å². The van der Waals surface area contributed by atoms with Gasteiger partial charge in [0.15, 0.2) is 0 Å². The Morgan fingerprint density at radius 1 is 1.33 bits per heavy atom. The lowest BCUT2D eigenvalue weighted by Gasteiger charge is -2.54. The van der Waals surface area contributed by atoms with Gasteiger partial charge in [-0.05, 0) is 66.6 Å². The number of thiophene rings is 1. The van der Waals surface area contributed by atoms with Crippen LogP contribution in [0.2, 0.25) is 0 Å². The van der Waals surface area contributed by atoms with Crippen molar-refractivity contribution in [3.8, 4) is 0 Å². The molecule has 2 nitrogen and oxygen atoms in total. The molecule has 0 aromatic carbocycles. The number of nitrogens with one attached hydrogen (secondary N) is 1. The zero-order chi connectivity index (χ0) is 15.1. The Morgan fingerprint density at radius 3 is 2.57 bits per heavy atom. The average Bonchev–Trinajstić information content (AvgIpc) is 3.25. The van der Waals surface area contributed by atoms with Crippen molar-refractivity contribution in [2.45, 2.75) is 64.1 Å². The lowest BCUT2D eigenvalue weighted by molar-refractivity contribution is -0.00902. The van der Waals surface area contributed by atoms with Crippen LogP contribution in [0.4, 0.5) is 0 Å². The first-order chi connectivity index (χ1) is 10.0. The molecule has 1 aliphatic heterocycles. The highest BCUT2D eigenvalue weighted by Crippen LogP contribution is 2.44. The van der Waals surface area contributed by atoms with Crippen molar-refractivity contribution in [1.82, 2.24) is 10.2 Å². The minimum Gasteiger partial charge on any atom is -0.308 e. The Bertz CT molecular complexity index is 493. The molecule has 1 aromatic rings. The highest BCUT2D eigenvalue weighted by atomic mass is 79.9. The fourth-order valence-electron chi connectivity index (χ4n) is 3.89. The molecule has 1 unspecified atom stereocenters. The van der Waals surface area contributed by atoms with E-state index in [0.29, 0.717) is 11.1 Å². The lowest BCUT2D eigenvalue weighted by Crippen LogP contribution is -2.69. The molecule has 1 aromatic heterocycles. The van der Waals surface area contributed by atoms with Crippen LogP contribution < -0.4 is 5.32 Å². The summed E-state index contributed by atoms with van der Waals surface area (Å²) in [5, 5.41) is 3.92. The second-order valence-electron chi connectivity index (χ2n) is 7.04. The van der Waals surface area contributed by atoms with Crippen molar-refractivity contribution in [3.63, 3.8) is 0 Å². The van der Waals surface area contributed by atoms with Crippen LogP contribution in [0.1, 0.15) is 51.3 Å². The minimum absolute atomic E-state index is 0.322. The molecule has 0 radical (unpaired) electrons. The molecule has 1 saturated heterocycles. The zero-order valence-corrected chi connectivity index (χ0v) is 15.8. The van der Waals surface area contributed by atoms with Gasteiger partial charge in [0.25, 0.3) is 0 Å². The summed E-state index contributed by atoms with van der Waals surface area (Å²) in [5.41, 5.74) is 0.646. The van der Waals surface area contributed by atoms with E-state index in [1.54, 1.807) is 0 Å². The largest absolute Gasteiger partial charge is 0.308 e. The fourth-order valence-corrected chi connectivity index (χ4v) is 5.39. The summed E-state index contributed by atoms with van der Waals surface area (Å²) in [6.07, 6.45) is 5.27. The van der Waals surface area contributed by atoms with Gasteiger partial charge >= 0.3 is 0 Å². The third kappa shape index (κ3) is 3.10. The topological polar surface area (TPSA) is 15.3 Å². The molecule has 0 bridgehead atoms. The Balaban J connectivity index is 1.82. The van der Waals surface area contributed by atoms with Crippen molar-refractivity contribution < 1.29 is 0 Å². The number of piperazine rings is 1. The summed E-state index contributed by atoms with van der Waals surface area (Å²) in [7, 11) is 0. The highest BCUT2D eigenvalue weighted by Gasteiger charge is 2.49. The molecule has 2 heterocycles. The molecular weight excluding hydrogens is 344 g/mol. The molecule has 1 N–H and O–H groups in total.